The topological polar surface area (TPSA) is 87.5 Å². The number of benzene rings is 2. The number of nitrogens with zero attached hydrogens (tertiary/aromatic N) is 4. The summed E-state index contributed by atoms with van der Waals surface area (Å²) in [5.74, 6) is 0.394. The number of halogens is 1. The molecule has 8 nitrogen and oxygen atoms in total. The number of carbonyl (C=O) groups is 2. The Morgan fingerprint density at radius 3 is 2.38 bits per heavy atom. The Kier molecular flexibility index (Phi) is 6.23. The highest BCUT2D eigenvalue weighted by molar-refractivity contribution is 6.30. The molecule has 2 heterocycles. The molecule has 2 aromatic carbocycles. The smallest absolute Gasteiger partial charge is 0.271 e. The molecule has 3 aromatic rings. The second-order valence-electron chi connectivity index (χ2n) is 7.46. The third-order valence-corrected chi connectivity index (χ3v) is 5.43. The van der Waals surface area contributed by atoms with Gasteiger partial charge in [-0.3, -0.25) is 14.4 Å². The number of rotatable bonds is 4. The van der Waals surface area contributed by atoms with E-state index in [0.717, 1.165) is 0 Å². The van der Waals surface area contributed by atoms with E-state index < -0.39 is 0 Å². The van der Waals surface area contributed by atoms with Crippen molar-refractivity contribution in [2.75, 3.05) is 36.4 Å². The standard InChI is InChI=1S/C23H22ClN5O3/c1-16(30)25-19-4-2-3-17(15-19)23(32)28-13-11-27(12-14-28)21-9-10-22(31)29(26-21)20-7-5-18(24)6-8-20/h2-10,15H,11-14H2,1H3,(H,25,30). The first-order valence-electron chi connectivity index (χ1n) is 10.2. The van der Waals surface area contributed by atoms with E-state index in [-0.39, 0.29) is 17.4 Å². The summed E-state index contributed by atoms with van der Waals surface area (Å²) >= 11 is 5.94. The predicted molar refractivity (Wildman–Crippen MR) is 124 cm³/mol. The van der Waals surface area contributed by atoms with Gasteiger partial charge in [0.25, 0.3) is 11.5 Å². The SMILES string of the molecule is CC(=O)Nc1cccc(C(=O)N2CCN(c3ccc(=O)n(-c4ccc(Cl)cc4)n3)CC2)c1. The Morgan fingerprint density at radius 1 is 0.969 bits per heavy atom. The highest BCUT2D eigenvalue weighted by Crippen LogP contribution is 2.18. The molecule has 0 spiro atoms. The fourth-order valence-corrected chi connectivity index (χ4v) is 3.72. The number of aromatic nitrogens is 2. The van der Waals surface area contributed by atoms with Crippen LogP contribution in [0, 0.1) is 0 Å². The maximum atomic E-state index is 12.9. The van der Waals surface area contributed by atoms with Crippen LogP contribution in [0.3, 0.4) is 0 Å². The molecule has 32 heavy (non-hydrogen) atoms. The summed E-state index contributed by atoms with van der Waals surface area (Å²) < 4.78 is 1.34. The van der Waals surface area contributed by atoms with Crippen LogP contribution in [0.2, 0.25) is 5.02 Å². The second kappa shape index (κ2) is 9.23. The van der Waals surface area contributed by atoms with Crippen LogP contribution in [0.15, 0.2) is 65.5 Å². The molecule has 0 atom stereocenters. The van der Waals surface area contributed by atoms with E-state index in [2.05, 4.69) is 10.4 Å². The van der Waals surface area contributed by atoms with Crippen molar-refractivity contribution in [1.29, 1.82) is 0 Å². The van der Waals surface area contributed by atoms with E-state index in [1.807, 2.05) is 4.90 Å². The Hall–Kier alpha value is -3.65. The molecule has 1 fully saturated rings. The number of hydrogen-bond donors (Lipinski definition) is 1. The van der Waals surface area contributed by atoms with Gasteiger partial charge in [-0.25, -0.2) is 0 Å². The van der Waals surface area contributed by atoms with Crippen molar-refractivity contribution in [2.24, 2.45) is 0 Å². The van der Waals surface area contributed by atoms with E-state index in [9.17, 15) is 14.4 Å². The van der Waals surface area contributed by atoms with Gasteiger partial charge in [-0.05, 0) is 48.5 Å². The van der Waals surface area contributed by atoms with Crippen molar-refractivity contribution in [2.45, 2.75) is 6.92 Å². The van der Waals surface area contributed by atoms with Crippen LogP contribution in [0.5, 0.6) is 0 Å². The van der Waals surface area contributed by atoms with Gasteiger partial charge in [-0.1, -0.05) is 17.7 Å². The molecule has 1 N–H and O–H groups in total. The predicted octanol–water partition coefficient (Wildman–Crippen LogP) is 2.81. The first-order chi connectivity index (χ1) is 15.4. The summed E-state index contributed by atoms with van der Waals surface area (Å²) in [4.78, 5) is 40.3. The van der Waals surface area contributed by atoms with E-state index in [1.165, 1.54) is 17.7 Å². The van der Waals surface area contributed by atoms with Gasteiger partial charge in [0.1, 0.15) is 5.82 Å². The minimum absolute atomic E-state index is 0.0871. The van der Waals surface area contributed by atoms with Gasteiger partial charge in [-0.2, -0.15) is 4.68 Å². The number of carbonyl (C=O) groups excluding carboxylic acids is 2. The fourth-order valence-electron chi connectivity index (χ4n) is 3.59. The summed E-state index contributed by atoms with van der Waals surface area (Å²) in [6.45, 7) is 3.64. The molecule has 2 amide bonds. The number of nitrogens with one attached hydrogen (secondary N) is 1. The van der Waals surface area contributed by atoms with Crippen LogP contribution in [-0.4, -0.2) is 52.7 Å². The van der Waals surface area contributed by atoms with Crippen LogP contribution in [0.1, 0.15) is 17.3 Å². The van der Waals surface area contributed by atoms with Crippen molar-refractivity contribution in [1.82, 2.24) is 14.7 Å². The summed E-state index contributed by atoms with van der Waals surface area (Å²) in [6, 6.07) is 17.0. The maximum absolute atomic E-state index is 12.9. The molecule has 9 heteroatoms. The van der Waals surface area contributed by atoms with E-state index in [0.29, 0.717) is 54.0 Å². The van der Waals surface area contributed by atoms with Gasteiger partial charge < -0.3 is 15.1 Å². The van der Waals surface area contributed by atoms with Crippen LogP contribution in [-0.2, 0) is 4.79 Å². The molecular formula is C23H22ClN5O3. The lowest BCUT2D eigenvalue weighted by molar-refractivity contribution is -0.114. The van der Waals surface area contributed by atoms with Crippen molar-refractivity contribution in [3.05, 3.63) is 81.6 Å². The van der Waals surface area contributed by atoms with Gasteiger partial charge in [0.15, 0.2) is 0 Å². The second-order valence-corrected chi connectivity index (χ2v) is 7.90. The maximum Gasteiger partial charge on any atom is 0.271 e. The molecule has 1 aliphatic heterocycles. The lowest BCUT2D eigenvalue weighted by Gasteiger charge is -2.35. The quantitative estimate of drug-likeness (QED) is 0.659. The average molecular weight is 452 g/mol. The lowest BCUT2D eigenvalue weighted by atomic mass is 10.1. The largest absolute Gasteiger partial charge is 0.352 e. The molecule has 1 aromatic heterocycles. The highest BCUT2D eigenvalue weighted by Gasteiger charge is 2.23. The first kappa shape index (κ1) is 21.6. The van der Waals surface area contributed by atoms with Gasteiger partial charge in [0, 0.05) is 55.4 Å². The molecule has 0 bridgehead atoms. The molecule has 0 aliphatic carbocycles. The van der Waals surface area contributed by atoms with E-state index in [4.69, 9.17) is 11.6 Å². The van der Waals surface area contributed by atoms with Crippen LogP contribution in [0.4, 0.5) is 11.5 Å². The Morgan fingerprint density at radius 2 is 1.69 bits per heavy atom. The van der Waals surface area contributed by atoms with Crippen molar-refractivity contribution >= 4 is 34.9 Å². The van der Waals surface area contributed by atoms with E-state index in [1.54, 1.807) is 59.5 Å². The zero-order valence-electron chi connectivity index (χ0n) is 17.5. The van der Waals surface area contributed by atoms with Crippen molar-refractivity contribution < 1.29 is 9.59 Å². The average Bonchev–Trinajstić information content (AvgIpc) is 2.79. The highest BCUT2D eigenvalue weighted by atomic mass is 35.5. The monoisotopic (exact) mass is 451 g/mol. The van der Waals surface area contributed by atoms with Crippen molar-refractivity contribution in [3.8, 4) is 5.69 Å². The Balaban J connectivity index is 1.45. The molecule has 1 aliphatic rings. The van der Waals surface area contributed by atoms with Gasteiger partial charge in [-0.15, -0.1) is 5.10 Å². The molecule has 1 saturated heterocycles. The van der Waals surface area contributed by atoms with Gasteiger partial charge >= 0.3 is 0 Å². The first-order valence-corrected chi connectivity index (χ1v) is 10.6. The summed E-state index contributed by atoms with van der Waals surface area (Å²) in [7, 11) is 0. The molecular weight excluding hydrogens is 430 g/mol. The molecule has 164 valence electrons. The summed E-state index contributed by atoms with van der Waals surface area (Å²) in [5.41, 5.74) is 1.52. The third-order valence-electron chi connectivity index (χ3n) is 5.18. The Labute approximate surface area is 190 Å². The lowest BCUT2D eigenvalue weighted by Crippen LogP contribution is -2.49. The zero-order valence-corrected chi connectivity index (χ0v) is 18.2. The summed E-state index contributed by atoms with van der Waals surface area (Å²) in [6.07, 6.45) is 0. The molecule has 0 radical (unpaired) electrons. The van der Waals surface area contributed by atoms with Crippen LogP contribution >= 0.6 is 11.6 Å². The minimum Gasteiger partial charge on any atom is -0.352 e. The van der Waals surface area contributed by atoms with Gasteiger partial charge in [0.2, 0.25) is 5.91 Å². The molecule has 0 saturated carbocycles. The van der Waals surface area contributed by atoms with Crippen LogP contribution in [0.25, 0.3) is 5.69 Å². The number of amides is 2. The summed E-state index contributed by atoms with van der Waals surface area (Å²) in [5, 5.41) is 7.79. The zero-order chi connectivity index (χ0) is 22.7. The number of anilines is 2. The fraction of sp³-hybridized carbons (Fsp3) is 0.217. The normalized spacial score (nSPS) is 13.7. The Bertz CT molecular complexity index is 1200. The number of hydrogen-bond acceptors (Lipinski definition) is 5. The third kappa shape index (κ3) is 4.81. The van der Waals surface area contributed by atoms with Crippen molar-refractivity contribution in [3.63, 3.8) is 0 Å². The molecule has 0 unspecified atom stereocenters. The number of piperazine rings is 1. The van der Waals surface area contributed by atoms with Crippen LogP contribution < -0.4 is 15.8 Å². The van der Waals surface area contributed by atoms with E-state index >= 15 is 0 Å². The van der Waals surface area contributed by atoms with Gasteiger partial charge in [0.05, 0.1) is 5.69 Å². The minimum atomic E-state index is -0.232. The molecule has 4 rings (SSSR count).